The number of carbonyl (C=O) groups is 2. The summed E-state index contributed by atoms with van der Waals surface area (Å²) >= 11 is 1.53. The van der Waals surface area contributed by atoms with Gasteiger partial charge >= 0.3 is 12.0 Å². The number of nitrogens with one attached hydrogen (secondary N) is 2. The van der Waals surface area contributed by atoms with Crippen molar-refractivity contribution < 1.29 is 24.2 Å². The summed E-state index contributed by atoms with van der Waals surface area (Å²) in [5.74, 6) is -0.369. The van der Waals surface area contributed by atoms with Crippen LogP contribution in [-0.4, -0.2) is 68.6 Å². The molecule has 0 aromatic carbocycles. The van der Waals surface area contributed by atoms with Gasteiger partial charge in [-0.15, -0.1) is 0 Å². The van der Waals surface area contributed by atoms with E-state index >= 15 is 0 Å². The van der Waals surface area contributed by atoms with Crippen LogP contribution in [0.2, 0.25) is 0 Å². The lowest BCUT2D eigenvalue weighted by Gasteiger charge is -2.17. The number of hydrogen-bond acceptors (Lipinski definition) is 5. The van der Waals surface area contributed by atoms with Crippen LogP contribution < -0.4 is 10.6 Å². The van der Waals surface area contributed by atoms with Crippen molar-refractivity contribution in [1.29, 1.82) is 0 Å². The van der Waals surface area contributed by atoms with Crippen molar-refractivity contribution in [3.05, 3.63) is 0 Å². The molecule has 112 valence electrons. The molecule has 0 bridgehead atoms. The van der Waals surface area contributed by atoms with Crippen LogP contribution in [0, 0.1) is 0 Å². The third kappa shape index (κ3) is 8.68. The molecule has 0 aromatic rings. The van der Waals surface area contributed by atoms with E-state index in [-0.39, 0.29) is 12.6 Å². The number of amides is 2. The molecule has 0 aliphatic rings. The first-order chi connectivity index (χ1) is 9.04. The van der Waals surface area contributed by atoms with Crippen LogP contribution in [0.25, 0.3) is 0 Å². The highest BCUT2D eigenvalue weighted by molar-refractivity contribution is 7.98. The minimum absolute atomic E-state index is 0.255. The van der Waals surface area contributed by atoms with Gasteiger partial charge in [-0.25, -0.2) is 9.59 Å². The molecule has 0 saturated carbocycles. The fraction of sp³-hybridized carbons (Fsp3) is 0.818. The van der Waals surface area contributed by atoms with E-state index in [1.807, 2.05) is 6.26 Å². The fourth-order valence-electron chi connectivity index (χ4n) is 1.31. The second kappa shape index (κ2) is 10.9. The van der Waals surface area contributed by atoms with E-state index in [1.165, 1.54) is 26.0 Å². The molecule has 7 nitrogen and oxygen atoms in total. The van der Waals surface area contributed by atoms with Gasteiger partial charge in [-0.05, 0) is 18.4 Å². The first kappa shape index (κ1) is 18.0. The van der Waals surface area contributed by atoms with E-state index in [0.29, 0.717) is 18.8 Å². The lowest BCUT2D eigenvalue weighted by atomic mass is 10.2. The van der Waals surface area contributed by atoms with Crippen molar-refractivity contribution in [1.82, 2.24) is 10.6 Å². The van der Waals surface area contributed by atoms with Gasteiger partial charge in [0.05, 0.1) is 12.7 Å². The van der Waals surface area contributed by atoms with Gasteiger partial charge in [-0.2, -0.15) is 11.8 Å². The number of rotatable bonds is 10. The zero-order valence-corrected chi connectivity index (χ0v) is 12.3. The molecule has 0 aliphatic carbocycles. The van der Waals surface area contributed by atoms with Crippen LogP contribution >= 0.6 is 11.8 Å². The predicted molar refractivity (Wildman–Crippen MR) is 73.6 cm³/mol. The molecule has 0 aliphatic heterocycles. The Morgan fingerprint density at radius 1 is 1.37 bits per heavy atom. The smallest absolute Gasteiger partial charge is 0.326 e. The Labute approximate surface area is 117 Å². The highest BCUT2D eigenvalue weighted by Gasteiger charge is 2.19. The van der Waals surface area contributed by atoms with Crippen LogP contribution in [-0.2, 0) is 14.3 Å². The van der Waals surface area contributed by atoms with Gasteiger partial charge in [0, 0.05) is 20.8 Å². The Morgan fingerprint density at radius 3 is 2.53 bits per heavy atom. The van der Waals surface area contributed by atoms with Crippen LogP contribution in [0.3, 0.4) is 0 Å². The molecule has 2 amide bonds. The summed E-state index contributed by atoms with van der Waals surface area (Å²) in [7, 11) is 3.05. The van der Waals surface area contributed by atoms with Gasteiger partial charge in [-0.3, -0.25) is 0 Å². The number of carboxylic acids is 1. The summed E-state index contributed by atoms with van der Waals surface area (Å²) in [5.41, 5.74) is 0. The Morgan fingerprint density at radius 2 is 2.05 bits per heavy atom. The molecule has 2 atom stereocenters. The fourth-order valence-corrected chi connectivity index (χ4v) is 1.78. The minimum atomic E-state index is -1.04. The molecule has 0 fully saturated rings. The van der Waals surface area contributed by atoms with Crippen molar-refractivity contribution in [2.45, 2.75) is 18.6 Å². The summed E-state index contributed by atoms with van der Waals surface area (Å²) in [6.45, 7) is 0.608. The van der Waals surface area contributed by atoms with Gasteiger partial charge in [0.1, 0.15) is 6.04 Å². The molecule has 0 spiro atoms. The summed E-state index contributed by atoms with van der Waals surface area (Å²) < 4.78 is 9.98. The Bertz CT molecular complexity index is 278. The molecule has 1 unspecified atom stereocenters. The first-order valence-electron chi connectivity index (χ1n) is 5.83. The van der Waals surface area contributed by atoms with E-state index in [4.69, 9.17) is 14.6 Å². The molecule has 0 radical (unpaired) electrons. The second-order valence-electron chi connectivity index (χ2n) is 3.84. The van der Waals surface area contributed by atoms with Crippen LogP contribution in [0.4, 0.5) is 4.79 Å². The number of hydrogen-bond donors (Lipinski definition) is 3. The second-order valence-corrected chi connectivity index (χ2v) is 4.83. The summed E-state index contributed by atoms with van der Waals surface area (Å²) in [4.78, 5) is 22.5. The highest BCUT2D eigenvalue weighted by atomic mass is 32.2. The summed E-state index contributed by atoms with van der Waals surface area (Å²) in [6.07, 6.45) is 2.01. The average molecular weight is 294 g/mol. The Balaban J connectivity index is 4.07. The van der Waals surface area contributed by atoms with Gasteiger partial charge in [0.25, 0.3) is 0 Å². The molecule has 3 N–H and O–H groups in total. The standard InChI is InChI=1S/C11H22N2O5S/c1-17-7-8(18-2)6-12-11(16)13-9(10(14)15)4-5-19-3/h8-9H,4-7H2,1-3H3,(H,14,15)(H2,12,13,16)/t8?,9-/m0/s1. The monoisotopic (exact) mass is 294 g/mol. The van der Waals surface area contributed by atoms with Gasteiger partial charge in [0.2, 0.25) is 0 Å². The van der Waals surface area contributed by atoms with E-state index in [9.17, 15) is 9.59 Å². The number of carbonyl (C=O) groups excluding carboxylic acids is 1. The predicted octanol–water partition coefficient (Wildman–Crippen LogP) is 0.153. The molecule has 0 rings (SSSR count). The van der Waals surface area contributed by atoms with E-state index in [2.05, 4.69) is 10.6 Å². The van der Waals surface area contributed by atoms with Crippen molar-refractivity contribution in [2.75, 3.05) is 39.4 Å². The molecule has 0 heterocycles. The topological polar surface area (TPSA) is 96.9 Å². The normalized spacial score (nSPS) is 13.6. The SMILES string of the molecule is COCC(CNC(=O)N[C@@H](CCSC)C(=O)O)OC. The Kier molecular flexibility index (Phi) is 10.3. The van der Waals surface area contributed by atoms with Crippen molar-refractivity contribution >= 4 is 23.8 Å². The number of thioether (sulfide) groups is 1. The molecule has 0 aromatic heterocycles. The van der Waals surface area contributed by atoms with Gasteiger partial charge in [0.15, 0.2) is 0 Å². The first-order valence-corrected chi connectivity index (χ1v) is 7.22. The maximum absolute atomic E-state index is 11.6. The van der Waals surface area contributed by atoms with Crippen LogP contribution in [0.15, 0.2) is 0 Å². The lowest BCUT2D eigenvalue weighted by molar-refractivity contribution is -0.139. The Hall–Kier alpha value is -0.990. The lowest BCUT2D eigenvalue weighted by Crippen LogP contribution is -2.48. The number of carboxylic acid groups (broad SMARTS) is 1. The third-order valence-corrected chi connectivity index (χ3v) is 3.03. The van der Waals surface area contributed by atoms with Crippen molar-refractivity contribution in [3.63, 3.8) is 0 Å². The zero-order chi connectivity index (χ0) is 14.7. The van der Waals surface area contributed by atoms with Gasteiger partial charge < -0.3 is 25.2 Å². The van der Waals surface area contributed by atoms with Gasteiger partial charge in [-0.1, -0.05) is 0 Å². The van der Waals surface area contributed by atoms with Crippen molar-refractivity contribution in [3.8, 4) is 0 Å². The van der Waals surface area contributed by atoms with Crippen LogP contribution in [0.5, 0.6) is 0 Å². The molecular formula is C11H22N2O5S. The van der Waals surface area contributed by atoms with E-state index in [0.717, 1.165) is 0 Å². The maximum Gasteiger partial charge on any atom is 0.326 e. The number of methoxy groups -OCH3 is 2. The highest BCUT2D eigenvalue weighted by Crippen LogP contribution is 2.00. The average Bonchev–Trinajstić information content (AvgIpc) is 2.38. The molecule has 0 saturated heterocycles. The minimum Gasteiger partial charge on any atom is -0.480 e. The van der Waals surface area contributed by atoms with E-state index in [1.54, 1.807) is 0 Å². The van der Waals surface area contributed by atoms with Crippen molar-refractivity contribution in [2.24, 2.45) is 0 Å². The molecule has 8 heteroatoms. The molecular weight excluding hydrogens is 272 g/mol. The zero-order valence-electron chi connectivity index (χ0n) is 11.5. The number of ether oxygens (including phenoxy) is 2. The largest absolute Gasteiger partial charge is 0.480 e. The third-order valence-electron chi connectivity index (χ3n) is 2.39. The summed E-state index contributed by atoms with van der Waals surface area (Å²) in [5, 5.41) is 13.9. The van der Waals surface area contributed by atoms with Crippen LogP contribution in [0.1, 0.15) is 6.42 Å². The van der Waals surface area contributed by atoms with E-state index < -0.39 is 18.0 Å². The maximum atomic E-state index is 11.6. The summed E-state index contributed by atoms with van der Waals surface area (Å²) in [6, 6.07) is -1.40. The molecule has 19 heavy (non-hydrogen) atoms. The number of urea groups is 1. The quantitative estimate of drug-likeness (QED) is 0.531. The number of aliphatic carboxylic acids is 1.